The zero-order chi connectivity index (χ0) is 21.8. The van der Waals surface area contributed by atoms with Crippen LogP contribution in [0.1, 0.15) is 58.9 Å². The molecule has 4 N–H and O–H groups in total. The number of oxazole rings is 1. The fourth-order valence-electron chi connectivity index (χ4n) is 3.14. The number of carboxylic acid groups (broad SMARTS) is 1. The van der Waals surface area contributed by atoms with Crippen molar-refractivity contribution in [2.45, 2.75) is 33.2 Å². The lowest BCUT2D eigenvalue weighted by Crippen LogP contribution is -2.31. The van der Waals surface area contributed by atoms with E-state index in [-0.39, 0.29) is 29.2 Å². The summed E-state index contributed by atoms with van der Waals surface area (Å²) in [5, 5.41) is 14.8. The van der Waals surface area contributed by atoms with Gasteiger partial charge >= 0.3 is 5.97 Å². The maximum Gasteiger partial charge on any atom is 0.322 e. The van der Waals surface area contributed by atoms with Gasteiger partial charge in [0, 0.05) is 10.9 Å². The number of amides is 2. The van der Waals surface area contributed by atoms with Crippen molar-refractivity contribution >= 4 is 28.7 Å². The lowest BCUT2D eigenvalue weighted by atomic mass is 10.0. The number of carbonyl (C=O) groups excluding carboxylic acids is 2. The minimum Gasteiger partial charge on any atom is -0.480 e. The third-order valence-electron chi connectivity index (χ3n) is 4.51. The molecule has 0 aliphatic heterocycles. The SMILES string of the molecule is Cc1oc([C@H](CC(C)C)NC(=O)c2cc3ccccc3[nH]2)nc1C(=O)NCC(=O)O. The normalized spacial score (nSPS) is 12.1. The zero-order valence-corrected chi connectivity index (χ0v) is 17.0. The van der Waals surface area contributed by atoms with E-state index >= 15 is 0 Å². The van der Waals surface area contributed by atoms with E-state index < -0.39 is 24.5 Å². The van der Waals surface area contributed by atoms with Crippen LogP contribution >= 0.6 is 0 Å². The minimum absolute atomic E-state index is 0.000123. The molecule has 9 heteroatoms. The Labute approximate surface area is 172 Å². The van der Waals surface area contributed by atoms with Crippen LogP contribution in [0.4, 0.5) is 0 Å². The van der Waals surface area contributed by atoms with E-state index in [4.69, 9.17) is 9.52 Å². The number of nitrogens with one attached hydrogen (secondary N) is 3. The van der Waals surface area contributed by atoms with Gasteiger partial charge in [-0.2, -0.15) is 0 Å². The molecule has 3 rings (SSSR count). The van der Waals surface area contributed by atoms with Crippen LogP contribution in [0.5, 0.6) is 0 Å². The molecule has 3 aromatic rings. The number of aromatic nitrogens is 2. The summed E-state index contributed by atoms with van der Waals surface area (Å²) in [5.74, 6) is -1.45. The van der Waals surface area contributed by atoms with Gasteiger partial charge in [-0.1, -0.05) is 32.0 Å². The highest BCUT2D eigenvalue weighted by Gasteiger charge is 2.26. The molecule has 0 saturated heterocycles. The maximum absolute atomic E-state index is 12.8. The highest BCUT2D eigenvalue weighted by atomic mass is 16.4. The largest absolute Gasteiger partial charge is 0.480 e. The van der Waals surface area contributed by atoms with E-state index in [1.165, 1.54) is 0 Å². The van der Waals surface area contributed by atoms with Gasteiger partial charge in [-0.25, -0.2) is 4.98 Å². The molecule has 1 atom stereocenters. The Kier molecular flexibility index (Phi) is 6.20. The Morgan fingerprint density at radius 3 is 2.60 bits per heavy atom. The van der Waals surface area contributed by atoms with Gasteiger partial charge in [0.1, 0.15) is 24.0 Å². The van der Waals surface area contributed by atoms with E-state index in [1.54, 1.807) is 13.0 Å². The highest BCUT2D eigenvalue weighted by molar-refractivity contribution is 5.98. The first-order valence-corrected chi connectivity index (χ1v) is 9.60. The van der Waals surface area contributed by atoms with Gasteiger partial charge in [0.2, 0.25) is 5.89 Å². The van der Waals surface area contributed by atoms with Crippen LogP contribution in [0.3, 0.4) is 0 Å². The summed E-state index contributed by atoms with van der Waals surface area (Å²) in [6.07, 6.45) is 0.544. The third-order valence-corrected chi connectivity index (χ3v) is 4.51. The number of hydrogen-bond donors (Lipinski definition) is 4. The number of carbonyl (C=O) groups is 3. The Morgan fingerprint density at radius 2 is 1.93 bits per heavy atom. The summed E-state index contributed by atoms with van der Waals surface area (Å²) in [7, 11) is 0. The Hall–Kier alpha value is -3.62. The molecule has 0 aliphatic carbocycles. The number of carboxylic acids is 1. The first-order valence-electron chi connectivity index (χ1n) is 9.60. The summed E-state index contributed by atoms with van der Waals surface area (Å²) in [6.45, 7) is 5.04. The molecular weight excluding hydrogens is 388 g/mol. The van der Waals surface area contributed by atoms with Crippen molar-refractivity contribution in [2.75, 3.05) is 6.54 Å². The van der Waals surface area contributed by atoms with Crippen molar-refractivity contribution in [2.24, 2.45) is 5.92 Å². The Bertz CT molecular complexity index is 1050. The molecule has 0 radical (unpaired) electrons. The Balaban J connectivity index is 1.82. The monoisotopic (exact) mass is 412 g/mol. The minimum atomic E-state index is -1.16. The summed E-state index contributed by atoms with van der Waals surface area (Å²) in [4.78, 5) is 43.0. The van der Waals surface area contributed by atoms with Gasteiger partial charge in [0.05, 0.1) is 0 Å². The lowest BCUT2D eigenvalue weighted by molar-refractivity contribution is -0.135. The van der Waals surface area contributed by atoms with Gasteiger partial charge in [0.15, 0.2) is 5.69 Å². The second-order valence-electron chi connectivity index (χ2n) is 7.46. The van der Waals surface area contributed by atoms with Crippen LogP contribution in [0.2, 0.25) is 0 Å². The van der Waals surface area contributed by atoms with Crippen LogP contribution in [0.25, 0.3) is 10.9 Å². The molecule has 0 bridgehead atoms. The van der Waals surface area contributed by atoms with Crippen LogP contribution in [0.15, 0.2) is 34.7 Å². The fourth-order valence-corrected chi connectivity index (χ4v) is 3.14. The number of fused-ring (bicyclic) bond motifs is 1. The van der Waals surface area contributed by atoms with E-state index in [0.717, 1.165) is 10.9 Å². The van der Waals surface area contributed by atoms with Crippen molar-refractivity contribution < 1.29 is 23.9 Å². The van der Waals surface area contributed by atoms with Crippen molar-refractivity contribution in [3.8, 4) is 0 Å². The predicted octanol–water partition coefficient (Wildman–Crippen LogP) is 2.80. The molecule has 2 amide bonds. The van der Waals surface area contributed by atoms with Gasteiger partial charge < -0.3 is 25.1 Å². The van der Waals surface area contributed by atoms with Gasteiger partial charge in [-0.3, -0.25) is 14.4 Å². The first-order chi connectivity index (χ1) is 14.2. The van der Waals surface area contributed by atoms with Crippen molar-refractivity contribution in [1.29, 1.82) is 0 Å². The average molecular weight is 412 g/mol. The summed E-state index contributed by atoms with van der Waals surface area (Å²) in [5.41, 5.74) is 1.26. The number of hydrogen-bond acceptors (Lipinski definition) is 5. The smallest absolute Gasteiger partial charge is 0.322 e. The molecule has 9 nitrogen and oxygen atoms in total. The standard InChI is InChI=1S/C21H24N4O5/c1-11(2)8-16(21-25-18(12(3)30-21)20(29)22-10-17(26)27)24-19(28)15-9-13-6-4-5-7-14(13)23-15/h4-7,9,11,16,23H,8,10H2,1-3H3,(H,22,29)(H,24,28)(H,26,27)/t16-/m0/s1. The molecule has 0 unspecified atom stereocenters. The number of para-hydroxylation sites is 1. The second kappa shape index (κ2) is 8.81. The quantitative estimate of drug-likeness (QED) is 0.449. The number of benzene rings is 1. The van der Waals surface area contributed by atoms with E-state index in [0.29, 0.717) is 12.1 Å². The molecular formula is C21H24N4O5. The number of rotatable bonds is 8. The van der Waals surface area contributed by atoms with Crippen molar-refractivity contribution in [3.05, 3.63) is 53.4 Å². The summed E-state index contributed by atoms with van der Waals surface area (Å²) >= 11 is 0. The van der Waals surface area contributed by atoms with Gasteiger partial charge in [-0.05, 0) is 31.4 Å². The fraction of sp³-hybridized carbons (Fsp3) is 0.333. The molecule has 0 spiro atoms. The second-order valence-corrected chi connectivity index (χ2v) is 7.46. The van der Waals surface area contributed by atoms with Crippen LogP contribution in [0, 0.1) is 12.8 Å². The number of H-pyrrole nitrogens is 1. The highest BCUT2D eigenvalue weighted by Crippen LogP contribution is 2.24. The molecule has 0 aliphatic rings. The lowest BCUT2D eigenvalue weighted by Gasteiger charge is -2.17. The summed E-state index contributed by atoms with van der Waals surface area (Å²) in [6, 6.07) is 8.79. The van der Waals surface area contributed by atoms with E-state index in [1.807, 2.05) is 38.1 Å². The van der Waals surface area contributed by atoms with Crippen molar-refractivity contribution in [3.63, 3.8) is 0 Å². The molecule has 30 heavy (non-hydrogen) atoms. The number of aliphatic carboxylic acids is 1. The number of aryl methyl sites for hydroxylation is 1. The summed E-state index contributed by atoms with van der Waals surface area (Å²) < 4.78 is 5.66. The first kappa shape index (κ1) is 21.1. The van der Waals surface area contributed by atoms with E-state index in [2.05, 4.69) is 20.6 Å². The van der Waals surface area contributed by atoms with Crippen LogP contribution in [-0.2, 0) is 4.79 Å². The van der Waals surface area contributed by atoms with Crippen molar-refractivity contribution in [1.82, 2.24) is 20.6 Å². The van der Waals surface area contributed by atoms with Gasteiger partial charge in [-0.15, -0.1) is 0 Å². The van der Waals surface area contributed by atoms with Crippen LogP contribution < -0.4 is 10.6 Å². The van der Waals surface area contributed by atoms with E-state index in [9.17, 15) is 14.4 Å². The molecule has 158 valence electrons. The maximum atomic E-state index is 12.8. The average Bonchev–Trinajstić information content (AvgIpc) is 3.28. The number of aromatic amines is 1. The van der Waals surface area contributed by atoms with Crippen LogP contribution in [-0.4, -0.2) is 39.4 Å². The third kappa shape index (κ3) is 4.86. The predicted molar refractivity (Wildman–Crippen MR) is 109 cm³/mol. The molecule has 1 aromatic carbocycles. The Morgan fingerprint density at radius 1 is 1.20 bits per heavy atom. The number of nitrogens with zero attached hydrogens (tertiary/aromatic N) is 1. The molecule has 0 saturated carbocycles. The zero-order valence-electron chi connectivity index (χ0n) is 17.0. The topological polar surface area (TPSA) is 137 Å². The molecule has 0 fully saturated rings. The molecule has 2 aromatic heterocycles. The molecule has 2 heterocycles. The van der Waals surface area contributed by atoms with Gasteiger partial charge in [0.25, 0.3) is 11.8 Å².